The van der Waals surface area contributed by atoms with E-state index in [9.17, 15) is 0 Å². The van der Waals surface area contributed by atoms with Crippen molar-refractivity contribution in [2.45, 2.75) is 6.54 Å². The summed E-state index contributed by atoms with van der Waals surface area (Å²) in [4.78, 5) is 16.6. The van der Waals surface area contributed by atoms with Gasteiger partial charge in [0, 0.05) is 24.2 Å². The highest BCUT2D eigenvalue weighted by molar-refractivity contribution is 6.04. The van der Waals surface area contributed by atoms with Gasteiger partial charge in [-0.25, -0.2) is 24.6 Å². The van der Waals surface area contributed by atoms with E-state index in [1.807, 2.05) is 0 Å². The van der Waals surface area contributed by atoms with E-state index >= 15 is 0 Å². The van der Waals surface area contributed by atoms with Crippen LogP contribution in [0.3, 0.4) is 0 Å². The number of imidazole rings is 1. The highest BCUT2D eigenvalue weighted by Crippen LogP contribution is 2.14. The van der Waals surface area contributed by atoms with Crippen molar-refractivity contribution in [2.75, 3.05) is 5.43 Å². The van der Waals surface area contributed by atoms with Crippen molar-refractivity contribution in [1.82, 2.24) is 24.6 Å². The van der Waals surface area contributed by atoms with Crippen LogP contribution in [0.5, 0.6) is 0 Å². The van der Waals surface area contributed by atoms with Crippen LogP contribution in [0.1, 0.15) is 11.4 Å². The summed E-state index contributed by atoms with van der Waals surface area (Å²) in [7, 11) is 0. The number of nitrogens with one attached hydrogen (secondary N) is 2. The minimum Gasteiger partial charge on any atom is -0.384 e. The van der Waals surface area contributed by atoms with Crippen molar-refractivity contribution in [2.24, 2.45) is 5.73 Å². The number of hydrogen-bond donors (Lipinski definition) is 3. The molecule has 0 aliphatic heterocycles. The molecule has 20 heavy (non-hydrogen) atoms. The largest absolute Gasteiger partial charge is 0.384 e. The first kappa shape index (κ1) is 12.0. The molecule has 3 aromatic rings. The van der Waals surface area contributed by atoms with Gasteiger partial charge in [0.25, 0.3) is 0 Å². The Morgan fingerprint density at radius 2 is 2.00 bits per heavy atom. The van der Waals surface area contributed by atoms with Gasteiger partial charge in [-0.2, -0.15) is 0 Å². The highest BCUT2D eigenvalue weighted by atomic mass is 15.4. The fourth-order valence-corrected chi connectivity index (χ4v) is 1.86. The molecule has 0 saturated carbocycles. The van der Waals surface area contributed by atoms with Crippen molar-refractivity contribution in [3.05, 3.63) is 48.4 Å². The second-order valence-corrected chi connectivity index (χ2v) is 4.06. The lowest BCUT2D eigenvalue weighted by molar-refractivity contribution is 0.814. The standard InChI is InChI=1S/C12H12N8/c13-11(14)8-2-5-17-12-10(8)20(7-18-12)19-6-9-15-3-1-4-16-9/h1-5,7,19H,6H2,(H3,13,14). The molecule has 3 aromatic heterocycles. The zero-order valence-electron chi connectivity index (χ0n) is 10.5. The highest BCUT2D eigenvalue weighted by Gasteiger charge is 2.11. The van der Waals surface area contributed by atoms with Crippen LogP contribution in [0.2, 0.25) is 0 Å². The van der Waals surface area contributed by atoms with Crippen LogP contribution in [0.25, 0.3) is 11.2 Å². The number of hydrogen-bond acceptors (Lipinski definition) is 6. The van der Waals surface area contributed by atoms with Gasteiger partial charge < -0.3 is 11.2 Å². The molecular weight excluding hydrogens is 256 g/mol. The van der Waals surface area contributed by atoms with Crippen molar-refractivity contribution in [3.8, 4) is 0 Å². The Bertz CT molecular complexity index is 748. The first-order chi connectivity index (χ1) is 9.75. The SMILES string of the molecule is N=C(N)c1ccnc2ncn(NCc3ncccn3)c12. The van der Waals surface area contributed by atoms with Crippen LogP contribution in [0.15, 0.2) is 37.1 Å². The van der Waals surface area contributed by atoms with Crippen LogP contribution < -0.4 is 11.2 Å². The predicted molar refractivity (Wildman–Crippen MR) is 73.6 cm³/mol. The molecular formula is C12H12N8. The third kappa shape index (κ3) is 2.14. The molecule has 0 bridgehead atoms. The molecule has 0 radical (unpaired) electrons. The average Bonchev–Trinajstić information content (AvgIpc) is 2.89. The van der Waals surface area contributed by atoms with E-state index in [1.165, 1.54) is 0 Å². The van der Waals surface area contributed by atoms with Gasteiger partial charge in [-0.1, -0.05) is 0 Å². The van der Waals surface area contributed by atoms with E-state index in [0.29, 0.717) is 29.1 Å². The fraction of sp³-hybridized carbons (Fsp3) is 0.0833. The molecule has 0 aromatic carbocycles. The summed E-state index contributed by atoms with van der Waals surface area (Å²) < 4.78 is 1.68. The number of aromatic nitrogens is 5. The number of nitrogens with zero attached hydrogens (tertiary/aromatic N) is 5. The number of pyridine rings is 1. The number of amidine groups is 1. The molecule has 100 valence electrons. The molecule has 0 spiro atoms. The average molecular weight is 268 g/mol. The third-order valence-electron chi connectivity index (χ3n) is 2.76. The summed E-state index contributed by atoms with van der Waals surface area (Å²) in [6.45, 7) is 0.429. The zero-order valence-corrected chi connectivity index (χ0v) is 10.5. The molecule has 0 aliphatic rings. The topological polar surface area (TPSA) is 118 Å². The lowest BCUT2D eigenvalue weighted by Crippen LogP contribution is -2.18. The Kier molecular flexibility index (Phi) is 2.96. The fourth-order valence-electron chi connectivity index (χ4n) is 1.86. The summed E-state index contributed by atoms with van der Waals surface area (Å²) in [6.07, 6.45) is 6.53. The minimum absolute atomic E-state index is 0.0306. The number of nitrogen functional groups attached to an aromatic ring is 1. The Balaban J connectivity index is 1.94. The van der Waals surface area contributed by atoms with Crippen molar-refractivity contribution in [3.63, 3.8) is 0 Å². The molecule has 0 saturated heterocycles. The minimum atomic E-state index is -0.0306. The maximum Gasteiger partial charge on any atom is 0.180 e. The van der Waals surface area contributed by atoms with Gasteiger partial charge in [-0.05, 0) is 12.1 Å². The lowest BCUT2D eigenvalue weighted by atomic mass is 10.2. The van der Waals surface area contributed by atoms with Gasteiger partial charge in [-0.15, -0.1) is 0 Å². The molecule has 8 nitrogen and oxygen atoms in total. The Labute approximate surface area is 114 Å². The van der Waals surface area contributed by atoms with E-state index in [4.69, 9.17) is 11.1 Å². The molecule has 0 fully saturated rings. The van der Waals surface area contributed by atoms with Crippen LogP contribution in [-0.4, -0.2) is 30.4 Å². The summed E-state index contributed by atoms with van der Waals surface area (Å²) in [5.41, 5.74) is 10.5. The summed E-state index contributed by atoms with van der Waals surface area (Å²) in [5, 5.41) is 7.61. The molecule has 3 rings (SSSR count). The van der Waals surface area contributed by atoms with Crippen LogP contribution in [0.4, 0.5) is 0 Å². The van der Waals surface area contributed by atoms with E-state index in [2.05, 4.69) is 25.4 Å². The normalized spacial score (nSPS) is 10.6. The maximum absolute atomic E-state index is 7.61. The Morgan fingerprint density at radius 1 is 1.20 bits per heavy atom. The number of rotatable bonds is 4. The molecule has 8 heteroatoms. The summed E-state index contributed by atoms with van der Waals surface area (Å²) in [5.74, 6) is 0.625. The predicted octanol–water partition coefficient (Wildman–Crippen LogP) is 0.249. The van der Waals surface area contributed by atoms with E-state index < -0.39 is 0 Å². The Morgan fingerprint density at radius 3 is 2.75 bits per heavy atom. The first-order valence-corrected chi connectivity index (χ1v) is 5.92. The van der Waals surface area contributed by atoms with Gasteiger partial charge in [0.15, 0.2) is 5.65 Å². The van der Waals surface area contributed by atoms with E-state index in [-0.39, 0.29) is 5.84 Å². The lowest BCUT2D eigenvalue weighted by Gasteiger charge is -2.09. The number of nitrogens with two attached hydrogens (primary N) is 1. The quantitative estimate of drug-likeness (QED) is 0.461. The Hall–Kier alpha value is -3.03. The molecule has 0 aliphatic carbocycles. The monoisotopic (exact) mass is 268 g/mol. The van der Waals surface area contributed by atoms with Crippen molar-refractivity contribution >= 4 is 17.0 Å². The van der Waals surface area contributed by atoms with Crippen LogP contribution >= 0.6 is 0 Å². The van der Waals surface area contributed by atoms with E-state index in [0.717, 1.165) is 0 Å². The number of fused-ring (bicyclic) bond motifs is 1. The first-order valence-electron chi connectivity index (χ1n) is 5.92. The molecule has 0 unspecified atom stereocenters. The van der Waals surface area contributed by atoms with Crippen LogP contribution in [-0.2, 0) is 6.54 Å². The second-order valence-electron chi connectivity index (χ2n) is 4.06. The maximum atomic E-state index is 7.61. The van der Waals surface area contributed by atoms with Gasteiger partial charge >= 0.3 is 0 Å². The summed E-state index contributed by atoms with van der Waals surface area (Å²) in [6, 6.07) is 3.44. The van der Waals surface area contributed by atoms with Crippen molar-refractivity contribution < 1.29 is 0 Å². The van der Waals surface area contributed by atoms with Gasteiger partial charge in [0.05, 0.1) is 6.54 Å². The smallest absolute Gasteiger partial charge is 0.180 e. The molecule has 0 amide bonds. The van der Waals surface area contributed by atoms with Gasteiger partial charge in [-0.3, -0.25) is 5.41 Å². The third-order valence-corrected chi connectivity index (χ3v) is 2.76. The van der Waals surface area contributed by atoms with Gasteiger partial charge in [0.1, 0.15) is 23.5 Å². The van der Waals surface area contributed by atoms with Crippen molar-refractivity contribution in [1.29, 1.82) is 5.41 Å². The second kappa shape index (κ2) is 4.92. The molecule has 4 N–H and O–H groups in total. The zero-order chi connectivity index (χ0) is 13.9. The van der Waals surface area contributed by atoms with Crippen LogP contribution in [0, 0.1) is 5.41 Å². The van der Waals surface area contributed by atoms with Gasteiger partial charge in [0.2, 0.25) is 0 Å². The summed E-state index contributed by atoms with van der Waals surface area (Å²) >= 11 is 0. The van der Waals surface area contributed by atoms with E-state index in [1.54, 1.807) is 41.7 Å². The molecule has 3 heterocycles. The molecule has 0 atom stereocenters.